The van der Waals surface area contributed by atoms with Crippen molar-refractivity contribution in [1.29, 1.82) is 0 Å². The summed E-state index contributed by atoms with van der Waals surface area (Å²) in [5, 5.41) is 5.81. The molecule has 0 radical (unpaired) electrons. The lowest BCUT2D eigenvalue weighted by Gasteiger charge is -2.24. The zero-order chi connectivity index (χ0) is 18.1. The molecule has 9 heteroatoms. The molecule has 130 valence electrons. The van der Waals surface area contributed by atoms with Crippen molar-refractivity contribution in [3.8, 4) is 0 Å². The third-order valence-electron chi connectivity index (χ3n) is 3.80. The highest BCUT2D eigenvalue weighted by atomic mass is 35.5. The van der Waals surface area contributed by atoms with E-state index in [1.54, 1.807) is 12.1 Å². The number of hydrogen-bond donors (Lipinski definition) is 1. The molecular formula is C16H14ClFN4O2S. The summed E-state index contributed by atoms with van der Waals surface area (Å²) < 4.78 is 13.3. The summed E-state index contributed by atoms with van der Waals surface area (Å²) in [5.74, 6) is -1.90. The van der Waals surface area contributed by atoms with Gasteiger partial charge in [-0.05, 0) is 17.7 Å². The molecule has 1 aromatic carbocycles. The Hall–Kier alpha value is -2.32. The number of primary amides is 1. The highest BCUT2D eigenvalue weighted by Gasteiger charge is 2.34. The molecule has 0 spiro atoms. The predicted molar refractivity (Wildman–Crippen MR) is 93.1 cm³/mol. The first-order valence-corrected chi connectivity index (χ1v) is 8.59. The normalized spacial score (nSPS) is 17.6. The van der Waals surface area contributed by atoms with Gasteiger partial charge in [0.15, 0.2) is 0 Å². The van der Waals surface area contributed by atoms with Crippen molar-refractivity contribution in [2.75, 3.05) is 7.05 Å². The molecule has 6 nitrogen and oxygen atoms in total. The van der Waals surface area contributed by atoms with Crippen molar-refractivity contribution < 1.29 is 14.0 Å². The lowest BCUT2D eigenvalue weighted by molar-refractivity contribution is -0.130. The summed E-state index contributed by atoms with van der Waals surface area (Å²) in [7, 11) is 1.46. The van der Waals surface area contributed by atoms with E-state index in [-0.39, 0.29) is 29.0 Å². The van der Waals surface area contributed by atoms with Gasteiger partial charge in [-0.1, -0.05) is 23.7 Å². The molecule has 0 fully saturated rings. The van der Waals surface area contributed by atoms with Gasteiger partial charge in [0.25, 0.3) is 5.91 Å². The summed E-state index contributed by atoms with van der Waals surface area (Å²) in [6, 6.07) is 6.19. The van der Waals surface area contributed by atoms with Crippen LogP contribution in [0, 0.1) is 5.82 Å². The molecule has 1 aromatic heterocycles. The first-order chi connectivity index (χ1) is 11.8. The zero-order valence-electron chi connectivity index (χ0n) is 13.2. The minimum Gasteiger partial charge on any atom is -0.364 e. The zero-order valence-corrected chi connectivity index (χ0v) is 14.8. The molecule has 25 heavy (non-hydrogen) atoms. The van der Waals surface area contributed by atoms with Gasteiger partial charge in [0.2, 0.25) is 5.91 Å². The fraction of sp³-hybridized carbons (Fsp3) is 0.250. The topological polar surface area (TPSA) is 88.7 Å². The molecule has 0 saturated carbocycles. The van der Waals surface area contributed by atoms with Crippen LogP contribution in [0.4, 0.5) is 4.39 Å². The number of aromatic nitrogens is 1. The van der Waals surface area contributed by atoms with E-state index in [1.165, 1.54) is 30.5 Å². The van der Waals surface area contributed by atoms with Crippen LogP contribution in [-0.2, 0) is 16.0 Å². The van der Waals surface area contributed by atoms with E-state index in [2.05, 4.69) is 10.1 Å². The van der Waals surface area contributed by atoms with Gasteiger partial charge in [0.05, 0.1) is 5.92 Å². The first-order valence-electron chi connectivity index (χ1n) is 7.39. The van der Waals surface area contributed by atoms with Gasteiger partial charge >= 0.3 is 0 Å². The smallest absolute Gasteiger partial charge is 0.265 e. The number of nitrogens with two attached hydrogens (primary N) is 1. The van der Waals surface area contributed by atoms with Crippen molar-refractivity contribution in [3.63, 3.8) is 0 Å². The van der Waals surface area contributed by atoms with Crippen LogP contribution in [0.5, 0.6) is 0 Å². The SMILES string of the molecule is CN1N=C(C(N)=O)C(c2nc(Cl)c(Cc3cccc(F)c3)s2)CC1=O. The van der Waals surface area contributed by atoms with Crippen LogP contribution in [0.15, 0.2) is 29.4 Å². The van der Waals surface area contributed by atoms with Crippen LogP contribution >= 0.6 is 22.9 Å². The van der Waals surface area contributed by atoms with Gasteiger partial charge in [0, 0.05) is 24.8 Å². The third kappa shape index (κ3) is 3.69. The molecule has 2 heterocycles. The van der Waals surface area contributed by atoms with Crippen molar-refractivity contribution in [3.05, 3.63) is 50.7 Å². The minimum atomic E-state index is -0.706. The summed E-state index contributed by atoms with van der Waals surface area (Å²) in [5.41, 5.74) is 6.21. The summed E-state index contributed by atoms with van der Waals surface area (Å²) in [4.78, 5) is 28.6. The summed E-state index contributed by atoms with van der Waals surface area (Å²) in [6.07, 6.45) is 0.444. The third-order valence-corrected chi connectivity index (χ3v) is 5.39. The molecular weight excluding hydrogens is 367 g/mol. The van der Waals surface area contributed by atoms with Gasteiger partial charge in [0.1, 0.15) is 21.7 Å². The Morgan fingerprint density at radius 1 is 1.52 bits per heavy atom. The minimum absolute atomic E-state index is 0.0432. The number of thiazole rings is 1. The summed E-state index contributed by atoms with van der Waals surface area (Å²) in [6.45, 7) is 0. The molecule has 3 rings (SSSR count). The Labute approximate surface area is 152 Å². The number of carbonyl (C=O) groups is 2. The van der Waals surface area contributed by atoms with E-state index >= 15 is 0 Å². The molecule has 1 aliphatic heterocycles. The lowest BCUT2D eigenvalue weighted by atomic mass is 9.97. The number of carbonyl (C=O) groups excluding carboxylic acids is 2. The molecule has 1 aliphatic rings. The second kappa shape index (κ2) is 6.89. The average molecular weight is 381 g/mol. The van der Waals surface area contributed by atoms with Crippen LogP contribution in [-0.4, -0.2) is 34.6 Å². The predicted octanol–water partition coefficient (Wildman–Crippen LogP) is 2.31. The molecule has 1 unspecified atom stereocenters. The van der Waals surface area contributed by atoms with E-state index in [1.807, 2.05) is 0 Å². The summed E-state index contributed by atoms with van der Waals surface area (Å²) >= 11 is 7.47. The van der Waals surface area contributed by atoms with Gasteiger partial charge in [-0.3, -0.25) is 9.59 Å². The number of benzene rings is 1. The standard InChI is InChI=1S/C16H14ClFN4O2S/c1-22-12(23)7-10(13(21-22)15(19)24)16-20-14(17)11(25-16)6-8-3-2-4-9(18)5-8/h2-5,10H,6-7H2,1H3,(H2,19,24). The van der Waals surface area contributed by atoms with Crippen molar-refractivity contribution >= 4 is 40.5 Å². The second-order valence-electron chi connectivity index (χ2n) is 5.60. The highest BCUT2D eigenvalue weighted by Crippen LogP contribution is 2.34. The van der Waals surface area contributed by atoms with E-state index in [0.29, 0.717) is 11.4 Å². The second-order valence-corrected chi connectivity index (χ2v) is 7.07. The van der Waals surface area contributed by atoms with Crippen molar-refractivity contribution in [2.24, 2.45) is 10.8 Å². The van der Waals surface area contributed by atoms with Crippen LogP contribution in [0.25, 0.3) is 0 Å². The number of hydrogen-bond acceptors (Lipinski definition) is 5. The number of nitrogens with zero attached hydrogens (tertiary/aromatic N) is 3. The molecule has 2 N–H and O–H groups in total. The molecule has 1 atom stereocenters. The molecule has 2 amide bonds. The Morgan fingerprint density at radius 2 is 2.28 bits per heavy atom. The van der Waals surface area contributed by atoms with Gasteiger partial charge in [-0.15, -0.1) is 11.3 Å². The Kier molecular flexibility index (Phi) is 4.82. The largest absolute Gasteiger partial charge is 0.364 e. The first kappa shape index (κ1) is 17.5. The fourth-order valence-electron chi connectivity index (χ4n) is 2.56. The maximum atomic E-state index is 13.3. The maximum absolute atomic E-state index is 13.3. The van der Waals surface area contributed by atoms with E-state index in [9.17, 15) is 14.0 Å². The molecule has 2 aromatic rings. The lowest BCUT2D eigenvalue weighted by Crippen LogP contribution is -2.39. The van der Waals surface area contributed by atoms with E-state index in [0.717, 1.165) is 15.4 Å². The van der Waals surface area contributed by atoms with Gasteiger partial charge in [-0.25, -0.2) is 14.4 Å². The van der Waals surface area contributed by atoms with Crippen molar-refractivity contribution in [1.82, 2.24) is 9.99 Å². The maximum Gasteiger partial charge on any atom is 0.265 e. The number of amides is 2. The van der Waals surface area contributed by atoms with Crippen LogP contribution in [0.1, 0.15) is 27.8 Å². The number of hydrazone groups is 1. The number of rotatable bonds is 4. The van der Waals surface area contributed by atoms with E-state index in [4.69, 9.17) is 17.3 Å². The monoisotopic (exact) mass is 380 g/mol. The van der Waals surface area contributed by atoms with Crippen LogP contribution < -0.4 is 5.73 Å². The van der Waals surface area contributed by atoms with Gasteiger partial charge in [-0.2, -0.15) is 5.10 Å². The Morgan fingerprint density at radius 3 is 2.96 bits per heavy atom. The Bertz CT molecular complexity index is 883. The number of halogens is 2. The molecule has 0 saturated heterocycles. The quantitative estimate of drug-likeness (QED) is 0.882. The van der Waals surface area contributed by atoms with Crippen LogP contribution in [0.2, 0.25) is 5.15 Å². The average Bonchev–Trinajstić information content (AvgIpc) is 2.90. The van der Waals surface area contributed by atoms with E-state index < -0.39 is 11.8 Å². The molecule has 0 bridgehead atoms. The Balaban J connectivity index is 1.92. The van der Waals surface area contributed by atoms with Crippen molar-refractivity contribution in [2.45, 2.75) is 18.8 Å². The fourth-order valence-corrected chi connectivity index (χ4v) is 3.98. The molecule has 0 aliphatic carbocycles. The van der Waals surface area contributed by atoms with Gasteiger partial charge < -0.3 is 5.73 Å². The highest BCUT2D eigenvalue weighted by molar-refractivity contribution is 7.12. The van der Waals surface area contributed by atoms with Crippen LogP contribution in [0.3, 0.4) is 0 Å².